The van der Waals surface area contributed by atoms with Crippen LogP contribution in [0.1, 0.15) is 200 Å². The van der Waals surface area contributed by atoms with E-state index in [4.69, 9.17) is 4.99 Å². The van der Waals surface area contributed by atoms with Gasteiger partial charge in [0.05, 0.1) is 5.54 Å². The van der Waals surface area contributed by atoms with Gasteiger partial charge in [-0.2, -0.15) is 0 Å². The van der Waals surface area contributed by atoms with Gasteiger partial charge in [-0.1, -0.05) is 160 Å². The molecule has 0 aliphatic carbocycles. The molecule has 0 bridgehead atoms. The normalized spacial score (nSPS) is 18.4. The second kappa shape index (κ2) is 32.0. The Morgan fingerprint density at radius 1 is 0.638 bits per heavy atom. The molecular weight excluding hydrogens is 577 g/mol. The summed E-state index contributed by atoms with van der Waals surface area (Å²) in [6.45, 7) is 10.1. The molecule has 0 spiro atoms. The highest BCUT2D eigenvalue weighted by Crippen LogP contribution is 2.36. The van der Waals surface area contributed by atoms with Crippen LogP contribution >= 0.6 is 0 Å². The van der Waals surface area contributed by atoms with E-state index in [1.807, 2.05) is 7.05 Å². The summed E-state index contributed by atoms with van der Waals surface area (Å²) in [5, 5.41) is 3.27. The van der Waals surface area contributed by atoms with Gasteiger partial charge in [-0.15, -0.1) is 0 Å². The first-order valence-corrected chi connectivity index (χ1v) is 20.7. The molecule has 3 nitrogen and oxygen atoms in total. The van der Waals surface area contributed by atoms with Gasteiger partial charge in [-0.3, -0.25) is 9.89 Å². The molecule has 1 N–H and O–H groups in total. The zero-order chi connectivity index (χ0) is 34.1. The molecule has 0 amide bonds. The fraction of sp³-hybridized carbons (Fsp3) is 0.837. The van der Waals surface area contributed by atoms with E-state index < -0.39 is 6.17 Å². The number of aliphatic imine (C=N–C) groups is 1. The number of allylic oxidation sites excluding steroid dienone is 4. The molecule has 2 atom stereocenters. The number of halogens is 1. The predicted molar refractivity (Wildman–Crippen MR) is 209 cm³/mol. The Bertz CT molecular complexity index is 748. The Kier molecular flexibility index (Phi) is 29.8. The number of hydrogen-bond acceptors (Lipinski definition) is 3. The van der Waals surface area contributed by atoms with Crippen molar-refractivity contribution in [2.75, 3.05) is 20.1 Å². The van der Waals surface area contributed by atoms with Crippen molar-refractivity contribution in [1.29, 1.82) is 0 Å². The first kappa shape index (κ1) is 43.8. The molecule has 4 heteroatoms. The van der Waals surface area contributed by atoms with Gasteiger partial charge in [0.15, 0.2) is 6.17 Å². The predicted octanol–water partition coefficient (Wildman–Crippen LogP) is 13.6. The lowest BCUT2D eigenvalue weighted by Gasteiger charge is -2.40. The van der Waals surface area contributed by atoms with Gasteiger partial charge < -0.3 is 5.32 Å². The monoisotopic (exact) mass is 658 g/mol. The first-order valence-electron chi connectivity index (χ1n) is 20.7. The molecule has 1 rings (SSSR count). The van der Waals surface area contributed by atoms with Gasteiger partial charge in [-0.05, 0) is 84.2 Å². The van der Waals surface area contributed by atoms with Crippen LogP contribution in [0.25, 0.3) is 0 Å². The molecule has 0 radical (unpaired) electrons. The maximum Gasteiger partial charge on any atom is 0.154 e. The second-order valence-electron chi connectivity index (χ2n) is 14.5. The van der Waals surface area contributed by atoms with Gasteiger partial charge >= 0.3 is 0 Å². The molecular formula is C43H80FN3. The summed E-state index contributed by atoms with van der Waals surface area (Å²) in [4.78, 5) is 7.07. The average molecular weight is 658 g/mol. The molecule has 0 aromatic carbocycles. The summed E-state index contributed by atoms with van der Waals surface area (Å²) in [7, 11) is 2.00. The van der Waals surface area contributed by atoms with Crippen molar-refractivity contribution < 1.29 is 4.39 Å². The third-order valence-electron chi connectivity index (χ3n) is 10.2. The van der Waals surface area contributed by atoms with Gasteiger partial charge in [-0.25, -0.2) is 4.39 Å². The number of nitrogens with one attached hydrogen (secondary N) is 1. The lowest BCUT2D eigenvalue weighted by molar-refractivity contribution is 0.104. The molecule has 0 saturated heterocycles. The van der Waals surface area contributed by atoms with E-state index >= 15 is 0 Å². The van der Waals surface area contributed by atoms with Crippen LogP contribution in [0.3, 0.4) is 0 Å². The van der Waals surface area contributed by atoms with Crippen LogP contribution in [-0.2, 0) is 0 Å². The zero-order valence-electron chi connectivity index (χ0n) is 31.9. The van der Waals surface area contributed by atoms with Gasteiger partial charge in [0.2, 0.25) is 0 Å². The Labute approximate surface area is 293 Å². The largest absolute Gasteiger partial charge is 0.320 e. The molecule has 2 unspecified atom stereocenters. The molecule has 1 aliphatic rings. The van der Waals surface area contributed by atoms with Crippen molar-refractivity contribution in [3.63, 3.8) is 0 Å². The van der Waals surface area contributed by atoms with Crippen molar-refractivity contribution in [2.24, 2.45) is 4.99 Å². The molecule has 1 heterocycles. The minimum Gasteiger partial charge on any atom is -0.320 e. The van der Waals surface area contributed by atoms with E-state index in [1.165, 1.54) is 167 Å². The van der Waals surface area contributed by atoms with E-state index in [1.54, 1.807) is 0 Å². The second-order valence-corrected chi connectivity index (χ2v) is 14.5. The van der Waals surface area contributed by atoms with Gasteiger partial charge in [0, 0.05) is 12.8 Å². The van der Waals surface area contributed by atoms with E-state index in [-0.39, 0.29) is 11.4 Å². The van der Waals surface area contributed by atoms with Gasteiger partial charge in [0.1, 0.15) is 5.83 Å². The van der Waals surface area contributed by atoms with Gasteiger partial charge in [0.25, 0.3) is 0 Å². The van der Waals surface area contributed by atoms with Crippen LogP contribution in [0.5, 0.6) is 0 Å². The van der Waals surface area contributed by atoms with Crippen molar-refractivity contribution >= 4 is 6.21 Å². The topological polar surface area (TPSA) is 27.6 Å². The fourth-order valence-corrected chi connectivity index (χ4v) is 7.17. The third kappa shape index (κ3) is 22.9. The summed E-state index contributed by atoms with van der Waals surface area (Å²) in [6.07, 6.45) is 48.7. The molecule has 0 saturated carbocycles. The van der Waals surface area contributed by atoms with Crippen LogP contribution < -0.4 is 5.32 Å². The summed E-state index contributed by atoms with van der Waals surface area (Å²) in [6, 6.07) is 0. The Hall–Kier alpha value is -1.26. The Morgan fingerprint density at radius 2 is 1.02 bits per heavy atom. The molecule has 47 heavy (non-hydrogen) atoms. The van der Waals surface area contributed by atoms with Crippen LogP contribution in [0.2, 0.25) is 0 Å². The number of nitrogens with zero attached hydrogens (tertiary/aromatic N) is 2. The van der Waals surface area contributed by atoms with E-state index in [9.17, 15) is 4.39 Å². The lowest BCUT2D eigenvalue weighted by atomic mass is 9.85. The SMILES string of the molecule is C=C(F)C1N=CC(CCCCCCCC=CCCCCCCCC)(CCCCCCC/C=C\CCCCCCCC)N1CCCNC. The maximum atomic E-state index is 14.6. The number of unbranched alkanes of at least 4 members (excludes halogenated alkanes) is 22. The highest BCUT2D eigenvalue weighted by Gasteiger charge is 2.43. The van der Waals surface area contributed by atoms with Crippen LogP contribution in [0.15, 0.2) is 41.7 Å². The average Bonchev–Trinajstić information content (AvgIpc) is 3.43. The zero-order valence-corrected chi connectivity index (χ0v) is 31.9. The Morgan fingerprint density at radius 3 is 1.40 bits per heavy atom. The standard InChI is InChI=1S/C43H80FN3/c1-5-7-9-11-13-15-17-19-21-23-25-27-29-31-33-36-43(40-46-42(41(3)44)47(43)39-35-38-45-4)37-34-32-30-28-26-24-22-20-18-16-14-12-10-8-6-2/h19-22,40,42,45H,3,5-18,23-39H2,1-2,4H3/b21-19-,22-20?. The summed E-state index contributed by atoms with van der Waals surface area (Å²) >= 11 is 0. The van der Waals surface area contributed by atoms with Crippen molar-refractivity contribution in [1.82, 2.24) is 10.2 Å². The quantitative estimate of drug-likeness (QED) is 0.0542. The molecule has 0 aromatic heterocycles. The van der Waals surface area contributed by atoms with Crippen molar-refractivity contribution in [3.8, 4) is 0 Å². The van der Waals surface area contributed by atoms with E-state index in [0.29, 0.717) is 0 Å². The molecule has 274 valence electrons. The van der Waals surface area contributed by atoms with Crippen molar-refractivity contribution in [3.05, 3.63) is 36.7 Å². The van der Waals surface area contributed by atoms with Crippen LogP contribution in [-0.4, -0.2) is 43.0 Å². The number of hydrogen-bond donors (Lipinski definition) is 1. The highest BCUT2D eigenvalue weighted by atomic mass is 19.1. The Balaban J connectivity index is 2.37. The molecule has 1 aliphatic heterocycles. The minimum atomic E-state index is -0.502. The highest BCUT2D eigenvalue weighted by molar-refractivity contribution is 5.73. The lowest BCUT2D eigenvalue weighted by Crippen LogP contribution is -2.50. The van der Waals surface area contributed by atoms with E-state index in [0.717, 1.165) is 32.4 Å². The summed E-state index contributed by atoms with van der Waals surface area (Å²) in [5.41, 5.74) is -0.119. The summed E-state index contributed by atoms with van der Waals surface area (Å²) < 4.78 is 14.6. The van der Waals surface area contributed by atoms with Crippen LogP contribution in [0.4, 0.5) is 4.39 Å². The minimum absolute atomic E-state index is 0.119. The third-order valence-corrected chi connectivity index (χ3v) is 10.2. The van der Waals surface area contributed by atoms with Crippen molar-refractivity contribution in [2.45, 2.75) is 212 Å². The molecule has 0 aromatic rings. The molecule has 0 fully saturated rings. The summed E-state index contributed by atoms with van der Waals surface area (Å²) in [5.74, 6) is -0.304. The number of rotatable bonds is 35. The fourth-order valence-electron chi connectivity index (χ4n) is 7.17. The maximum absolute atomic E-state index is 14.6. The first-order chi connectivity index (χ1) is 23.1. The van der Waals surface area contributed by atoms with Crippen LogP contribution in [0, 0.1) is 0 Å². The van der Waals surface area contributed by atoms with E-state index in [2.05, 4.69) is 61.2 Å². The smallest absolute Gasteiger partial charge is 0.154 e.